The van der Waals surface area contributed by atoms with Crippen LogP contribution in [0.2, 0.25) is 39.3 Å². The van der Waals surface area contributed by atoms with Crippen LogP contribution in [0.5, 0.6) is 0 Å². The van der Waals surface area contributed by atoms with Crippen molar-refractivity contribution in [2.75, 3.05) is 6.54 Å². The lowest BCUT2D eigenvalue weighted by Gasteiger charge is -2.33. The van der Waals surface area contributed by atoms with Gasteiger partial charge < -0.3 is 14.1 Å². The molecule has 0 aromatic carbocycles. The van der Waals surface area contributed by atoms with E-state index in [0.29, 0.717) is 6.42 Å². The normalized spacial score (nSPS) is 27.4. The first kappa shape index (κ1) is 14.9. The number of rotatable bonds is 4. The minimum absolute atomic E-state index is 0.106. The van der Waals surface area contributed by atoms with Crippen molar-refractivity contribution in [1.82, 2.24) is 4.57 Å². The maximum absolute atomic E-state index is 11.3. The van der Waals surface area contributed by atoms with Crippen molar-refractivity contribution in [3.05, 3.63) is 0 Å². The van der Waals surface area contributed by atoms with Crippen LogP contribution in [0.25, 0.3) is 0 Å². The van der Waals surface area contributed by atoms with Crippen molar-refractivity contribution in [1.29, 1.82) is 0 Å². The number of aliphatic carboxylic acids is 1. The largest absolute Gasteiger partial charge is 0.480 e. The second kappa shape index (κ2) is 4.83. The first-order chi connectivity index (χ1) is 7.50. The third-order valence-electron chi connectivity index (χ3n) is 2.93. The summed E-state index contributed by atoms with van der Waals surface area (Å²) in [7, 11) is -3.16. The van der Waals surface area contributed by atoms with E-state index >= 15 is 0 Å². The molecule has 0 bridgehead atoms. The Hall–Kier alpha value is -0.176. The fourth-order valence-electron chi connectivity index (χ4n) is 2.36. The predicted molar refractivity (Wildman–Crippen MR) is 74.3 cm³/mol. The number of hydrogen-bond donors (Lipinski definition) is 1. The highest BCUT2D eigenvalue weighted by atomic mass is 28.4. The highest BCUT2D eigenvalue weighted by molar-refractivity contribution is 6.73. The highest BCUT2D eigenvalue weighted by Crippen LogP contribution is 2.28. The SMILES string of the molecule is C[Si](C)(C)O[C@@H]1C[C@H](C(=O)O)N([Si](C)(C)C)C1. The minimum Gasteiger partial charge on any atom is -0.480 e. The summed E-state index contributed by atoms with van der Waals surface area (Å²) in [5.41, 5.74) is 0. The highest BCUT2D eigenvalue weighted by Gasteiger charge is 2.44. The van der Waals surface area contributed by atoms with Crippen LogP contribution in [0, 0.1) is 0 Å². The van der Waals surface area contributed by atoms with Gasteiger partial charge in [0.25, 0.3) is 0 Å². The van der Waals surface area contributed by atoms with Crippen molar-refractivity contribution in [3.8, 4) is 0 Å². The molecule has 0 amide bonds. The lowest BCUT2D eigenvalue weighted by molar-refractivity contribution is -0.140. The molecule has 100 valence electrons. The number of carbonyl (C=O) groups is 1. The molecule has 1 N–H and O–H groups in total. The second-order valence-electron chi connectivity index (χ2n) is 6.77. The molecule has 0 saturated carbocycles. The molecule has 2 atom stereocenters. The van der Waals surface area contributed by atoms with Crippen molar-refractivity contribution in [2.24, 2.45) is 0 Å². The van der Waals surface area contributed by atoms with Crippen LogP contribution in [0.4, 0.5) is 0 Å². The zero-order valence-electron chi connectivity index (χ0n) is 11.8. The molecule has 4 nitrogen and oxygen atoms in total. The van der Waals surface area contributed by atoms with Gasteiger partial charge in [-0.05, 0) is 26.1 Å². The molecule has 1 aliphatic heterocycles. The zero-order valence-corrected chi connectivity index (χ0v) is 13.8. The third kappa shape index (κ3) is 4.20. The Bertz CT molecular complexity index is 296. The Labute approximate surface area is 106 Å². The van der Waals surface area contributed by atoms with Gasteiger partial charge in [0, 0.05) is 6.54 Å². The van der Waals surface area contributed by atoms with E-state index in [-0.39, 0.29) is 12.1 Å². The molecule has 0 aromatic heterocycles. The molecule has 17 heavy (non-hydrogen) atoms. The van der Waals surface area contributed by atoms with Crippen LogP contribution in [-0.2, 0) is 9.22 Å². The quantitative estimate of drug-likeness (QED) is 0.799. The Balaban J connectivity index is 2.76. The van der Waals surface area contributed by atoms with E-state index in [1.165, 1.54) is 0 Å². The van der Waals surface area contributed by atoms with Gasteiger partial charge in [-0.15, -0.1) is 0 Å². The monoisotopic (exact) mass is 275 g/mol. The average molecular weight is 275 g/mol. The van der Waals surface area contributed by atoms with Gasteiger partial charge in [-0.2, -0.15) is 0 Å². The predicted octanol–water partition coefficient (Wildman–Crippen LogP) is 2.20. The van der Waals surface area contributed by atoms with Crippen LogP contribution in [0.15, 0.2) is 0 Å². The summed E-state index contributed by atoms with van der Waals surface area (Å²) in [6.45, 7) is 13.8. The summed E-state index contributed by atoms with van der Waals surface area (Å²) < 4.78 is 8.24. The van der Waals surface area contributed by atoms with Gasteiger partial charge >= 0.3 is 5.97 Å². The average Bonchev–Trinajstić information content (AvgIpc) is 2.43. The number of hydrogen-bond acceptors (Lipinski definition) is 3. The number of carboxylic acids is 1. The van der Waals surface area contributed by atoms with Crippen molar-refractivity contribution >= 4 is 22.5 Å². The summed E-state index contributed by atoms with van der Waals surface area (Å²) >= 11 is 0. The van der Waals surface area contributed by atoms with Gasteiger partial charge in [-0.3, -0.25) is 4.79 Å². The molecule has 1 aliphatic rings. The van der Waals surface area contributed by atoms with Gasteiger partial charge in [-0.25, -0.2) is 0 Å². The standard InChI is InChI=1S/C11H25NO3Si2/c1-16(2,3)12-8-9(15-17(4,5)6)7-10(12)11(13)14/h9-10H,7-8H2,1-6H3,(H,13,14)/t9-,10-/m1/s1. The van der Waals surface area contributed by atoms with Gasteiger partial charge in [0.1, 0.15) is 14.3 Å². The first-order valence-corrected chi connectivity index (χ1v) is 13.0. The lowest BCUT2D eigenvalue weighted by atomic mass is 10.2. The fraction of sp³-hybridized carbons (Fsp3) is 0.909. The minimum atomic E-state index is -1.58. The van der Waals surface area contributed by atoms with E-state index in [4.69, 9.17) is 4.43 Å². The second-order valence-corrected chi connectivity index (χ2v) is 16.1. The Morgan fingerprint density at radius 1 is 1.24 bits per heavy atom. The van der Waals surface area contributed by atoms with Gasteiger partial charge in [0.2, 0.25) is 0 Å². The van der Waals surface area contributed by atoms with E-state index in [1.54, 1.807) is 0 Å². The first-order valence-electron chi connectivity index (χ1n) is 6.18. The summed E-state index contributed by atoms with van der Waals surface area (Å²) in [6.07, 6.45) is 0.749. The zero-order chi connectivity index (χ0) is 13.4. The van der Waals surface area contributed by atoms with E-state index in [2.05, 4.69) is 43.8 Å². The number of nitrogens with zero attached hydrogens (tertiary/aromatic N) is 1. The molecule has 0 aliphatic carbocycles. The molecule has 0 spiro atoms. The van der Waals surface area contributed by atoms with E-state index in [1.807, 2.05) is 0 Å². The smallest absolute Gasteiger partial charge is 0.320 e. The van der Waals surface area contributed by atoms with Crippen LogP contribution >= 0.6 is 0 Å². The maximum Gasteiger partial charge on any atom is 0.320 e. The van der Waals surface area contributed by atoms with E-state index in [0.717, 1.165) is 6.54 Å². The van der Waals surface area contributed by atoms with E-state index in [9.17, 15) is 9.90 Å². The molecule has 1 saturated heterocycles. The van der Waals surface area contributed by atoms with Gasteiger partial charge in [-0.1, -0.05) is 19.6 Å². The number of carboxylic acid groups (broad SMARTS) is 1. The van der Waals surface area contributed by atoms with Crippen molar-refractivity contribution < 1.29 is 14.3 Å². The molecule has 0 unspecified atom stereocenters. The molecule has 1 fully saturated rings. The molecular weight excluding hydrogens is 250 g/mol. The lowest BCUT2D eigenvalue weighted by Crippen LogP contribution is -2.51. The molecule has 1 rings (SSSR count). The fourth-order valence-corrected chi connectivity index (χ4v) is 5.43. The van der Waals surface area contributed by atoms with Crippen LogP contribution in [0.1, 0.15) is 6.42 Å². The topological polar surface area (TPSA) is 49.8 Å². The Morgan fingerprint density at radius 3 is 2.06 bits per heavy atom. The van der Waals surface area contributed by atoms with Crippen LogP contribution < -0.4 is 0 Å². The molecule has 6 heteroatoms. The summed E-state index contributed by atoms with van der Waals surface area (Å²) in [4.78, 5) is 11.3. The Morgan fingerprint density at radius 2 is 1.76 bits per heavy atom. The maximum atomic E-state index is 11.3. The molecule has 0 radical (unpaired) electrons. The molecular formula is C11H25NO3Si2. The molecule has 0 aromatic rings. The molecule has 1 heterocycles. The van der Waals surface area contributed by atoms with Crippen molar-refractivity contribution in [3.63, 3.8) is 0 Å². The van der Waals surface area contributed by atoms with Gasteiger partial charge in [0.05, 0.1) is 6.10 Å². The van der Waals surface area contributed by atoms with E-state index < -0.39 is 22.5 Å². The van der Waals surface area contributed by atoms with Crippen LogP contribution in [0.3, 0.4) is 0 Å². The summed E-state index contributed by atoms with van der Waals surface area (Å²) in [5.74, 6) is -0.700. The van der Waals surface area contributed by atoms with Gasteiger partial charge in [0.15, 0.2) is 8.32 Å². The summed E-state index contributed by atoms with van der Waals surface area (Å²) in [6, 6.07) is -0.344. The Kier molecular flexibility index (Phi) is 4.23. The summed E-state index contributed by atoms with van der Waals surface area (Å²) in [5, 5.41) is 9.30. The third-order valence-corrected chi connectivity index (χ3v) is 6.19. The van der Waals surface area contributed by atoms with Crippen LogP contribution in [-0.4, -0.2) is 50.9 Å². The van der Waals surface area contributed by atoms with Crippen molar-refractivity contribution in [2.45, 2.75) is 57.8 Å².